The van der Waals surface area contributed by atoms with Gasteiger partial charge in [-0.25, -0.2) is 12.8 Å². The summed E-state index contributed by atoms with van der Waals surface area (Å²) in [4.78, 5) is -1.37. The molecule has 2 nitrogen and oxygen atoms in total. The molecule has 1 aromatic rings. The molecule has 0 N–H and O–H groups in total. The number of benzene rings is 1. The van der Waals surface area contributed by atoms with Crippen LogP contribution in [0, 0.1) is 0 Å². The number of rotatable bonds is 2. The predicted octanol–water partition coefficient (Wildman–Crippen LogP) is 3.81. The molecule has 0 saturated heterocycles. The van der Waals surface area contributed by atoms with Crippen LogP contribution in [0.2, 0.25) is 0 Å². The lowest BCUT2D eigenvalue weighted by molar-refractivity contribution is -0.143. The summed E-state index contributed by atoms with van der Waals surface area (Å²) in [5.41, 5.74) is -6.26. The van der Waals surface area contributed by atoms with Gasteiger partial charge in [0.25, 0.3) is 0 Å². The fourth-order valence-corrected chi connectivity index (χ4v) is 2.24. The Hall–Kier alpha value is -1.32. The van der Waals surface area contributed by atoms with Gasteiger partial charge in [0.1, 0.15) is 0 Å². The van der Waals surface area contributed by atoms with E-state index in [9.17, 15) is 39.2 Å². The van der Waals surface area contributed by atoms with E-state index in [2.05, 4.69) is 0 Å². The van der Waals surface area contributed by atoms with E-state index in [0.29, 0.717) is 6.92 Å². The molecule has 0 spiro atoms. The second kappa shape index (κ2) is 4.90. The molecular weight excluding hydrogens is 317 g/mol. The molecule has 0 amide bonds. The molecule has 1 atom stereocenters. The van der Waals surface area contributed by atoms with Crippen molar-refractivity contribution in [2.75, 3.05) is 0 Å². The monoisotopic (exact) mass is 324 g/mol. The fraction of sp³-hybridized carbons (Fsp3) is 0.400. The number of hydrogen-bond acceptors (Lipinski definition) is 2. The Kier molecular flexibility index (Phi) is 4.10. The first kappa shape index (κ1) is 16.7. The fourth-order valence-electron chi connectivity index (χ4n) is 1.28. The molecule has 10 heteroatoms. The van der Waals surface area contributed by atoms with Crippen molar-refractivity contribution in [2.45, 2.75) is 29.7 Å². The van der Waals surface area contributed by atoms with Crippen LogP contribution in [0.15, 0.2) is 23.1 Å². The first-order valence-corrected chi connectivity index (χ1v) is 6.48. The maximum absolute atomic E-state index is 12.9. The first-order valence-electron chi connectivity index (χ1n) is 4.93. The summed E-state index contributed by atoms with van der Waals surface area (Å²) in [6.45, 7) is 0.503. The van der Waals surface area contributed by atoms with Gasteiger partial charge in [0.2, 0.25) is 15.3 Å². The summed E-state index contributed by atoms with van der Waals surface area (Å²) in [7, 11) is -4.91. The van der Waals surface area contributed by atoms with Crippen LogP contribution in [0.1, 0.15) is 18.1 Å². The summed E-state index contributed by atoms with van der Waals surface area (Å²) in [6, 6.07) is -0.288. The minimum absolute atomic E-state index is 0.0271. The quantitative estimate of drug-likeness (QED) is 0.775. The van der Waals surface area contributed by atoms with E-state index in [4.69, 9.17) is 0 Å². The SMILES string of the molecule is CC(F)S(=O)(=O)c1cc(C(F)(F)F)cc(C(F)(F)F)c1. The first-order chi connectivity index (χ1) is 8.76. The molecule has 1 aromatic carbocycles. The normalized spacial score (nSPS) is 15.2. The summed E-state index contributed by atoms with van der Waals surface area (Å²) in [5.74, 6) is 0. The van der Waals surface area contributed by atoms with Crippen molar-refractivity contribution in [2.24, 2.45) is 0 Å². The maximum atomic E-state index is 12.9. The van der Waals surface area contributed by atoms with Gasteiger partial charge >= 0.3 is 12.4 Å². The summed E-state index contributed by atoms with van der Waals surface area (Å²) in [5, 5.41) is 0. The van der Waals surface area contributed by atoms with Crippen LogP contribution in [0.5, 0.6) is 0 Å². The van der Waals surface area contributed by atoms with Crippen LogP contribution in [0.3, 0.4) is 0 Å². The Morgan fingerprint density at radius 2 is 1.25 bits per heavy atom. The molecule has 0 aliphatic carbocycles. The predicted molar refractivity (Wildman–Crippen MR) is 54.2 cm³/mol. The molecule has 0 aliphatic rings. The van der Waals surface area contributed by atoms with Crippen molar-refractivity contribution < 1.29 is 39.2 Å². The molecular formula is C10H7F7O2S. The number of hydrogen-bond donors (Lipinski definition) is 0. The number of halogens is 7. The molecule has 1 rings (SSSR count). The molecule has 0 radical (unpaired) electrons. The highest BCUT2D eigenvalue weighted by molar-refractivity contribution is 7.91. The minimum Gasteiger partial charge on any atom is -0.230 e. The summed E-state index contributed by atoms with van der Waals surface area (Å²) < 4.78 is 110. The van der Waals surface area contributed by atoms with Gasteiger partial charge in [-0.3, -0.25) is 0 Å². The summed E-state index contributed by atoms with van der Waals surface area (Å²) >= 11 is 0. The van der Waals surface area contributed by atoms with Crippen molar-refractivity contribution >= 4 is 9.84 Å². The van der Waals surface area contributed by atoms with Crippen molar-refractivity contribution in [3.05, 3.63) is 29.3 Å². The van der Waals surface area contributed by atoms with E-state index >= 15 is 0 Å². The molecule has 0 bridgehead atoms. The molecule has 1 unspecified atom stereocenters. The Balaban J connectivity index is 3.64. The third kappa shape index (κ3) is 3.41. The maximum Gasteiger partial charge on any atom is 0.416 e. The van der Waals surface area contributed by atoms with E-state index in [1.54, 1.807) is 0 Å². The van der Waals surface area contributed by atoms with Crippen LogP contribution in [0.4, 0.5) is 30.7 Å². The van der Waals surface area contributed by atoms with Gasteiger partial charge in [-0.15, -0.1) is 0 Å². The molecule has 114 valence electrons. The van der Waals surface area contributed by atoms with Gasteiger partial charge in [0.05, 0.1) is 16.0 Å². The average Bonchev–Trinajstić information content (AvgIpc) is 2.25. The van der Waals surface area contributed by atoms with E-state index < -0.39 is 43.7 Å². The lowest BCUT2D eigenvalue weighted by Crippen LogP contribution is -2.17. The second-order valence-corrected chi connectivity index (χ2v) is 6.04. The Morgan fingerprint density at radius 1 is 0.900 bits per heavy atom. The van der Waals surface area contributed by atoms with Crippen molar-refractivity contribution in [3.8, 4) is 0 Å². The zero-order valence-corrected chi connectivity index (χ0v) is 10.5. The number of sulfone groups is 1. The second-order valence-electron chi connectivity index (χ2n) is 3.83. The van der Waals surface area contributed by atoms with Gasteiger partial charge in [-0.1, -0.05) is 0 Å². The topological polar surface area (TPSA) is 34.1 Å². The lowest BCUT2D eigenvalue weighted by Gasteiger charge is -2.14. The molecule has 0 aliphatic heterocycles. The molecule has 0 aromatic heterocycles. The van der Waals surface area contributed by atoms with Gasteiger partial charge in [0.15, 0.2) is 0 Å². The highest BCUT2D eigenvalue weighted by Crippen LogP contribution is 2.37. The third-order valence-corrected chi connectivity index (χ3v) is 4.07. The molecule has 0 saturated carbocycles. The van der Waals surface area contributed by atoms with Gasteiger partial charge in [0, 0.05) is 0 Å². The minimum atomic E-state index is -5.19. The Bertz CT molecular complexity index is 567. The van der Waals surface area contributed by atoms with Crippen molar-refractivity contribution in [1.82, 2.24) is 0 Å². The van der Waals surface area contributed by atoms with Gasteiger partial charge < -0.3 is 0 Å². The zero-order chi connectivity index (χ0) is 15.9. The molecule has 20 heavy (non-hydrogen) atoms. The molecule has 0 heterocycles. The van der Waals surface area contributed by atoms with Crippen LogP contribution in [0.25, 0.3) is 0 Å². The van der Waals surface area contributed by atoms with E-state index in [1.807, 2.05) is 0 Å². The van der Waals surface area contributed by atoms with E-state index in [0.717, 1.165) is 0 Å². The van der Waals surface area contributed by atoms with E-state index in [1.165, 1.54) is 0 Å². The lowest BCUT2D eigenvalue weighted by atomic mass is 10.1. The summed E-state index contributed by atoms with van der Waals surface area (Å²) in [6.07, 6.45) is -10.4. The molecule has 0 fully saturated rings. The van der Waals surface area contributed by atoms with Crippen LogP contribution in [-0.2, 0) is 22.2 Å². The Morgan fingerprint density at radius 3 is 1.50 bits per heavy atom. The standard InChI is InChI=1S/C10H7F7O2S/c1-5(11)20(18,19)8-3-6(9(12,13)14)2-7(4-8)10(15,16)17/h2-5H,1H3. The van der Waals surface area contributed by atoms with E-state index in [-0.39, 0.29) is 18.2 Å². The number of alkyl halides is 7. The van der Waals surface area contributed by atoms with Crippen LogP contribution >= 0.6 is 0 Å². The van der Waals surface area contributed by atoms with Crippen LogP contribution < -0.4 is 0 Å². The highest BCUT2D eigenvalue weighted by Gasteiger charge is 2.38. The third-order valence-electron chi connectivity index (χ3n) is 2.32. The van der Waals surface area contributed by atoms with Crippen molar-refractivity contribution in [1.29, 1.82) is 0 Å². The van der Waals surface area contributed by atoms with Gasteiger partial charge in [-0.05, 0) is 25.1 Å². The Labute approximate surface area is 109 Å². The average molecular weight is 324 g/mol. The van der Waals surface area contributed by atoms with Crippen LogP contribution in [-0.4, -0.2) is 13.9 Å². The highest BCUT2D eigenvalue weighted by atomic mass is 32.2. The van der Waals surface area contributed by atoms with Crippen molar-refractivity contribution in [3.63, 3.8) is 0 Å². The zero-order valence-electron chi connectivity index (χ0n) is 9.68. The largest absolute Gasteiger partial charge is 0.416 e. The van der Waals surface area contributed by atoms with Gasteiger partial charge in [-0.2, -0.15) is 26.3 Å². The smallest absolute Gasteiger partial charge is 0.230 e.